The second-order valence-electron chi connectivity index (χ2n) is 6.29. The second kappa shape index (κ2) is 9.94. The fourth-order valence-corrected chi connectivity index (χ4v) is 2.99. The molecule has 32 heavy (non-hydrogen) atoms. The Balaban J connectivity index is 1.51. The topological polar surface area (TPSA) is 158 Å². The Hall–Kier alpha value is -3.22. The van der Waals surface area contributed by atoms with Gasteiger partial charge in [-0.2, -0.15) is 9.67 Å². The summed E-state index contributed by atoms with van der Waals surface area (Å²) in [6.07, 6.45) is 0. The van der Waals surface area contributed by atoms with E-state index in [0.717, 1.165) is 0 Å². The molecule has 0 unspecified atom stereocenters. The van der Waals surface area contributed by atoms with Crippen molar-refractivity contribution in [3.05, 3.63) is 66.4 Å². The molecule has 1 aromatic carbocycles. The third-order valence-corrected chi connectivity index (χ3v) is 5.30. The zero-order valence-electron chi connectivity index (χ0n) is 16.3. The number of benzene rings is 1. The third-order valence-electron chi connectivity index (χ3n) is 4.12. The van der Waals surface area contributed by atoms with E-state index in [4.69, 9.17) is 39.3 Å². The summed E-state index contributed by atoms with van der Waals surface area (Å²) >= 11 is 17.6. The Morgan fingerprint density at radius 2 is 1.84 bits per heavy atom. The van der Waals surface area contributed by atoms with Crippen LogP contribution in [0.15, 0.2) is 22.7 Å². The molecule has 0 fully saturated rings. The molecule has 0 atom stereocenters. The van der Waals surface area contributed by atoms with Crippen molar-refractivity contribution in [2.24, 2.45) is 0 Å². The minimum atomic E-state index is -0.707. The molecule has 12 nitrogen and oxygen atoms in total. The monoisotopic (exact) mass is 501 g/mol. The van der Waals surface area contributed by atoms with Crippen LogP contribution in [0.3, 0.4) is 0 Å². The van der Waals surface area contributed by atoms with Crippen molar-refractivity contribution < 1.29 is 19.0 Å². The van der Waals surface area contributed by atoms with Gasteiger partial charge in [-0.3, -0.25) is 9.59 Å². The van der Waals surface area contributed by atoms with Crippen LogP contribution in [0.25, 0.3) is 0 Å². The number of halogens is 3. The SMILES string of the molecule is Cc1c(Cl)c([N+](=O)[O-])nn1Cc1noc(C(=O)NCCNC(=O)c2ccc(Cl)c(Cl)c2)n1. The highest BCUT2D eigenvalue weighted by molar-refractivity contribution is 6.42. The number of nitrogens with zero attached hydrogens (tertiary/aromatic N) is 5. The number of hydrogen-bond donors (Lipinski definition) is 2. The Morgan fingerprint density at radius 1 is 1.16 bits per heavy atom. The highest BCUT2D eigenvalue weighted by atomic mass is 35.5. The predicted octanol–water partition coefficient (Wildman–Crippen LogP) is 2.65. The molecule has 2 heterocycles. The maximum atomic E-state index is 12.1. The average Bonchev–Trinajstić information content (AvgIpc) is 3.33. The molecule has 168 valence electrons. The van der Waals surface area contributed by atoms with Crippen LogP contribution in [0.4, 0.5) is 5.82 Å². The van der Waals surface area contributed by atoms with Crippen molar-refractivity contribution in [3.63, 3.8) is 0 Å². The second-order valence-corrected chi connectivity index (χ2v) is 7.49. The van der Waals surface area contributed by atoms with Crippen molar-refractivity contribution >= 4 is 52.4 Å². The summed E-state index contributed by atoms with van der Waals surface area (Å²) in [5.74, 6) is -1.79. The van der Waals surface area contributed by atoms with E-state index in [2.05, 4.69) is 25.9 Å². The molecule has 0 spiro atoms. The Bertz CT molecular complexity index is 1190. The first-order chi connectivity index (χ1) is 15.2. The van der Waals surface area contributed by atoms with Gasteiger partial charge in [0.25, 0.3) is 5.91 Å². The zero-order valence-corrected chi connectivity index (χ0v) is 18.5. The Labute approximate surface area is 195 Å². The van der Waals surface area contributed by atoms with Crippen LogP contribution in [0.5, 0.6) is 0 Å². The smallest absolute Gasteiger partial charge is 0.358 e. The van der Waals surface area contributed by atoms with Gasteiger partial charge in [-0.05, 0) is 30.0 Å². The fraction of sp³-hybridized carbons (Fsp3) is 0.235. The lowest BCUT2D eigenvalue weighted by atomic mass is 10.2. The standard InChI is InChI=1S/C17H14Cl3N7O5/c1-8-13(20)14(27(30)31)24-26(8)7-12-23-17(32-25-12)16(29)22-5-4-21-15(28)9-2-3-10(18)11(19)6-9/h2-3,6H,4-5,7H2,1H3,(H,21,28)(H,22,29). The minimum absolute atomic E-state index is 0.0697. The summed E-state index contributed by atoms with van der Waals surface area (Å²) in [5, 5.41) is 24.0. The molecule has 0 aliphatic carbocycles. The summed E-state index contributed by atoms with van der Waals surface area (Å²) in [5.41, 5.74) is 0.661. The molecule has 0 saturated heterocycles. The fourth-order valence-electron chi connectivity index (χ4n) is 2.49. The highest BCUT2D eigenvalue weighted by Crippen LogP contribution is 2.26. The van der Waals surface area contributed by atoms with Crippen molar-refractivity contribution in [2.45, 2.75) is 13.5 Å². The summed E-state index contributed by atoms with van der Waals surface area (Å²) < 4.78 is 6.13. The van der Waals surface area contributed by atoms with E-state index < -0.39 is 16.6 Å². The number of carbonyl (C=O) groups is 2. The molecule has 0 aliphatic heterocycles. The molecule has 2 amide bonds. The summed E-state index contributed by atoms with van der Waals surface area (Å²) in [6, 6.07) is 4.46. The lowest BCUT2D eigenvalue weighted by molar-refractivity contribution is -0.389. The summed E-state index contributed by atoms with van der Waals surface area (Å²) in [7, 11) is 0. The van der Waals surface area contributed by atoms with E-state index in [1.54, 1.807) is 6.92 Å². The van der Waals surface area contributed by atoms with Crippen LogP contribution in [0, 0.1) is 17.0 Å². The maximum absolute atomic E-state index is 12.1. The first-order valence-corrected chi connectivity index (χ1v) is 10.0. The van der Waals surface area contributed by atoms with E-state index in [1.807, 2.05) is 0 Å². The minimum Gasteiger partial charge on any atom is -0.358 e. The molecule has 0 radical (unpaired) electrons. The normalized spacial score (nSPS) is 10.8. The molecule has 2 N–H and O–H groups in total. The Morgan fingerprint density at radius 3 is 2.47 bits per heavy atom. The van der Waals surface area contributed by atoms with Gasteiger partial charge in [0.1, 0.15) is 6.54 Å². The van der Waals surface area contributed by atoms with E-state index in [9.17, 15) is 19.7 Å². The van der Waals surface area contributed by atoms with Crippen LogP contribution in [-0.2, 0) is 6.54 Å². The molecular formula is C17H14Cl3N7O5. The maximum Gasteiger partial charge on any atom is 0.408 e. The molecule has 2 aromatic heterocycles. The van der Waals surface area contributed by atoms with Gasteiger partial charge in [0.2, 0.25) is 0 Å². The van der Waals surface area contributed by atoms with Gasteiger partial charge in [-0.25, -0.2) is 0 Å². The number of nitrogens with one attached hydrogen (secondary N) is 2. The van der Waals surface area contributed by atoms with E-state index in [-0.39, 0.29) is 47.3 Å². The summed E-state index contributed by atoms with van der Waals surface area (Å²) in [6.45, 7) is 1.67. The molecule has 15 heteroatoms. The van der Waals surface area contributed by atoms with Gasteiger partial charge >= 0.3 is 17.6 Å². The van der Waals surface area contributed by atoms with Crippen molar-refractivity contribution in [1.29, 1.82) is 0 Å². The molecule has 0 aliphatic rings. The van der Waals surface area contributed by atoms with Crippen LogP contribution in [0.2, 0.25) is 15.1 Å². The number of aromatic nitrogens is 4. The molecule has 0 bridgehead atoms. The quantitative estimate of drug-likeness (QED) is 0.270. The van der Waals surface area contributed by atoms with Crippen LogP contribution < -0.4 is 10.6 Å². The van der Waals surface area contributed by atoms with Gasteiger partial charge in [0.05, 0.1) is 20.8 Å². The van der Waals surface area contributed by atoms with E-state index in [1.165, 1.54) is 22.9 Å². The first kappa shape index (κ1) is 23.4. The van der Waals surface area contributed by atoms with Crippen LogP contribution >= 0.6 is 34.8 Å². The summed E-state index contributed by atoms with van der Waals surface area (Å²) in [4.78, 5) is 38.3. The molecular weight excluding hydrogens is 489 g/mol. The predicted molar refractivity (Wildman–Crippen MR) is 113 cm³/mol. The van der Waals surface area contributed by atoms with Crippen LogP contribution in [0.1, 0.15) is 32.6 Å². The van der Waals surface area contributed by atoms with E-state index in [0.29, 0.717) is 16.3 Å². The molecule has 0 saturated carbocycles. The van der Waals surface area contributed by atoms with Gasteiger partial charge in [-0.1, -0.05) is 40.0 Å². The van der Waals surface area contributed by atoms with Crippen molar-refractivity contribution in [2.75, 3.05) is 13.1 Å². The average molecular weight is 503 g/mol. The molecule has 3 rings (SSSR count). The van der Waals surface area contributed by atoms with Gasteiger partial charge < -0.3 is 25.3 Å². The number of hydrogen-bond acceptors (Lipinski definition) is 8. The number of rotatable bonds is 8. The highest BCUT2D eigenvalue weighted by Gasteiger charge is 2.25. The first-order valence-electron chi connectivity index (χ1n) is 8.88. The lowest BCUT2D eigenvalue weighted by Crippen LogP contribution is -2.34. The number of amides is 2. The van der Waals surface area contributed by atoms with Crippen molar-refractivity contribution in [3.8, 4) is 0 Å². The number of nitro groups is 1. The third kappa shape index (κ3) is 5.33. The lowest BCUT2D eigenvalue weighted by Gasteiger charge is -2.06. The van der Waals surface area contributed by atoms with Gasteiger partial charge in [0.15, 0.2) is 10.8 Å². The van der Waals surface area contributed by atoms with Crippen LogP contribution in [-0.4, -0.2) is 49.7 Å². The van der Waals surface area contributed by atoms with Gasteiger partial charge in [0, 0.05) is 18.7 Å². The molecule has 3 aromatic rings. The zero-order chi connectivity index (χ0) is 23.4. The largest absolute Gasteiger partial charge is 0.408 e. The van der Waals surface area contributed by atoms with Crippen molar-refractivity contribution in [1.82, 2.24) is 30.6 Å². The van der Waals surface area contributed by atoms with E-state index >= 15 is 0 Å². The Kier molecular flexibility index (Phi) is 7.28. The number of carbonyl (C=O) groups excluding carboxylic acids is 2. The van der Waals surface area contributed by atoms with Gasteiger partial charge in [-0.15, -0.1) is 0 Å².